The molecule has 0 fully saturated rings. The van der Waals surface area contributed by atoms with Gasteiger partial charge in [-0.05, 0) is 40.2 Å². The monoisotopic (exact) mass is 332 g/mol. The third-order valence-electron chi connectivity index (χ3n) is 2.66. The second-order valence-electron chi connectivity index (χ2n) is 3.94. The Bertz CT molecular complexity index is 718. The van der Waals surface area contributed by atoms with Gasteiger partial charge in [-0.3, -0.25) is 4.79 Å². The van der Waals surface area contributed by atoms with Gasteiger partial charge in [-0.2, -0.15) is 5.10 Å². The molecule has 1 aromatic carbocycles. The highest BCUT2D eigenvalue weighted by atomic mass is 79.9. The number of carbonyl (C=O) groups is 1. The van der Waals surface area contributed by atoms with E-state index in [1.165, 1.54) is 11.3 Å². The van der Waals surface area contributed by atoms with E-state index in [2.05, 4.69) is 21.0 Å². The highest BCUT2D eigenvalue weighted by Crippen LogP contribution is 2.24. The molecule has 0 spiro atoms. The number of benzene rings is 1. The number of halogens is 1. The van der Waals surface area contributed by atoms with Gasteiger partial charge >= 0.3 is 0 Å². The minimum Gasteiger partial charge on any atom is -0.288 e. The molecule has 0 saturated heterocycles. The van der Waals surface area contributed by atoms with E-state index >= 15 is 0 Å². The van der Waals surface area contributed by atoms with Gasteiger partial charge in [0.2, 0.25) is 5.78 Å². The van der Waals surface area contributed by atoms with E-state index in [0.29, 0.717) is 10.4 Å². The highest BCUT2D eigenvalue weighted by Gasteiger charge is 2.13. The standard InChI is InChI=1S/C14H9BrN2OS/c15-13-7-6-12(19-13)14(18)10-8-16-17(9-10)11-4-2-1-3-5-11/h1-9H. The molecule has 0 radical (unpaired) electrons. The van der Waals surface area contributed by atoms with Crippen molar-refractivity contribution in [1.29, 1.82) is 0 Å². The van der Waals surface area contributed by atoms with Crippen LogP contribution in [-0.4, -0.2) is 15.6 Å². The van der Waals surface area contributed by atoms with Gasteiger partial charge in [0.15, 0.2) is 0 Å². The van der Waals surface area contributed by atoms with Crippen LogP contribution in [0.5, 0.6) is 0 Å². The summed E-state index contributed by atoms with van der Waals surface area (Å²) in [6.07, 6.45) is 3.36. The van der Waals surface area contributed by atoms with Gasteiger partial charge in [0.1, 0.15) is 0 Å². The number of aromatic nitrogens is 2. The molecule has 2 aromatic heterocycles. The van der Waals surface area contributed by atoms with E-state index in [0.717, 1.165) is 9.47 Å². The van der Waals surface area contributed by atoms with Crippen molar-refractivity contribution in [3.63, 3.8) is 0 Å². The molecule has 0 aliphatic carbocycles. The average Bonchev–Trinajstić information content (AvgIpc) is 3.08. The van der Waals surface area contributed by atoms with Crippen molar-refractivity contribution in [3.8, 4) is 5.69 Å². The van der Waals surface area contributed by atoms with Gasteiger partial charge < -0.3 is 0 Å². The molecule has 0 saturated carbocycles. The first-order chi connectivity index (χ1) is 9.24. The van der Waals surface area contributed by atoms with Crippen LogP contribution in [0.3, 0.4) is 0 Å². The summed E-state index contributed by atoms with van der Waals surface area (Å²) in [7, 11) is 0. The maximum Gasteiger partial charge on any atom is 0.206 e. The number of nitrogens with zero attached hydrogens (tertiary/aromatic N) is 2. The molecule has 2 heterocycles. The molecule has 3 nitrogen and oxygen atoms in total. The maximum atomic E-state index is 12.2. The number of para-hydroxylation sites is 1. The predicted molar refractivity (Wildman–Crippen MR) is 79.0 cm³/mol. The third kappa shape index (κ3) is 2.52. The van der Waals surface area contributed by atoms with Crippen LogP contribution >= 0.6 is 27.3 Å². The maximum absolute atomic E-state index is 12.2. The summed E-state index contributed by atoms with van der Waals surface area (Å²) >= 11 is 4.79. The molecule has 3 rings (SSSR count). The lowest BCUT2D eigenvalue weighted by molar-refractivity contribution is 0.104. The second kappa shape index (κ2) is 5.11. The van der Waals surface area contributed by atoms with E-state index in [1.807, 2.05) is 42.5 Å². The largest absolute Gasteiger partial charge is 0.288 e. The topological polar surface area (TPSA) is 34.9 Å². The molecule has 0 amide bonds. The third-order valence-corrected chi connectivity index (χ3v) is 4.28. The Morgan fingerprint density at radius 1 is 1.16 bits per heavy atom. The molecule has 0 N–H and O–H groups in total. The molecule has 19 heavy (non-hydrogen) atoms. The fourth-order valence-electron chi connectivity index (χ4n) is 1.74. The Labute approximate surface area is 122 Å². The van der Waals surface area contributed by atoms with E-state index in [4.69, 9.17) is 0 Å². The average molecular weight is 333 g/mol. The van der Waals surface area contributed by atoms with Crippen LogP contribution in [0.2, 0.25) is 0 Å². The zero-order valence-electron chi connectivity index (χ0n) is 9.79. The molecule has 3 aromatic rings. The molecule has 0 bridgehead atoms. The van der Waals surface area contributed by atoms with Crippen molar-refractivity contribution in [1.82, 2.24) is 9.78 Å². The molecule has 0 unspecified atom stereocenters. The lowest BCUT2D eigenvalue weighted by Crippen LogP contribution is -1.97. The molecule has 0 atom stereocenters. The minimum atomic E-state index is -0.00196. The number of carbonyl (C=O) groups excluding carboxylic acids is 1. The smallest absolute Gasteiger partial charge is 0.206 e. The van der Waals surface area contributed by atoms with Gasteiger partial charge in [0.25, 0.3) is 0 Å². The van der Waals surface area contributed by atoms with Crippen molar-refractivity contribution in [2.24, 2.45) is 0 Å². The number of hydrogen-bond acceptors (Lipinski definition) is 3. The Kier molecular flexibility index (Phi) is 3.31. The van der Waals surface area contributed by atoms with Crippen LogP contribution in [0.15, 0.2) is 58.6 Å². The Balaban J connectivity index is 1.92. The number of ketones is 1. The van der Waals surface area contributed by atoms with E-state index in [9.17, 15) is 4.79 Å². The quantitative estimate of drug-likeness (QED) is 0.681. The van der Waals surface area contributed by atoms with Crippen LogP contribution < -0.4 is 0 Å². The van der Waals surface area contributed by atoms with Crippen molar-refractivity contribution in [3.05, 3.63) is 69.1 Å². The van der Waals surface area contributed by atoms with Crippen LogP contribution in [0, 0.1) is 0 Å². The van der Waals surface area contributed by atoms with E-state index < -0.39 is 0 Å². The van der Waals surface area contributed by atoms with Crippen molar-refractivity contribution in [2.75, 3.05) is 0 Å². The van der Waals surface area contributed by atoms with Crippen LogP contribution in [0.25, 0.3) is 5.69 Å². The first kappa shape index (κ1) is 12.3. The van der Waals surface area contributed by atoms with Crippen molar-refractivity contribution < 1.29 is 4.79 Å². The fourth-order valence-corrected chi connectivity index (χ4v) is 3.09. The summed E-state index contributed by atoms with van der Waals surface area (Å²) in [5.74, 6) is -0.00196. The van der Waals surface area contributed by atoms with Crippen molar-refractivity contribution in [2.45, 2.75) is 0 Å². The SMILES string of the molecule is O=C(c1cnn(-c2ccccc2)c1)c1ccc(Br)s1. The van der Waals surface area contributed by atoms with Crippen molar-refractivity contribution >= 4 is 33.0 Å². The molecular formula is C14H9BrN2OS. The highest BCUT2D eigenvalue weighted by molar-refractivity contribution is 9.11. The first-order valence-corrected chi connectivity index (χ1v) is 7.25. The minimum absolute atomic E-state index is 0.00196. The van der Waals surface area contributed by atoms with Crippen LogP contribution in [0.1, 0.15) is 15.2 Å². The summed E-state index contributed by atoms with van der Waals surface area (Å²) < 4.78 is 2.65. The molecule has 5 heteroatoms. The predicted octanol–water partition coefficient (Wildman–Crippen LogP) is 3.93. The van der Waals surface area contributed by atoms with Gasteiger partial charge in [-0.15, -0.1) is 11.3 Å². The summed E-state index contributed by atoms with van der Waals surface area (Å²) in [5.41, 5.74) is 1.53. The van der Waals surface area contributed by atoms with Gasteiger partial charge in [0.05, 0.1) is 26.1 Å². The molecule has 94 valence electrons. The number of thiophene rings is 1. The molecular weight excluding hydrogens is 324 g/mol. The second-order valence-corrected chi connectivity index (χ2v) is 6.41. The Morgan fingerprint density at radius 2 is 1.95 bits per heavy atom. The number of hydrogen-bond donors (Lipinski definition) is 0. The first-order valence-electron chi connectivity index (χ1n) is 5.64. The lowest BCUT2D eigenvalue weighted by atomic mass is 10.2. The van der Waals surface area contributed by atoms with E-state index in [-0.39, 0.29) is 5.78 Å². The summed E-state index contributed by atoms with van der Waals surface area (Å²) in [6, 6.07) is 13.4. The van der Waals surface area contributed by atoms with Crippen LogP contribution in [0.4, 0.5) is 0 Å². The summed E-state index contributed by atoms with van der Waals surface area (Å²) in [5, 5.41) is 4.23. The normalized spacial score (nSPS) is 10.6. The van der Waals surface area contributed by atoms with Crippen LogP contribution in [-0.2, 0) is 0 Å². The van der Waals surface area contributed by atoms with Gasteiger partial charge in [-0.25, -0.2) is 4.68 Å². The van der Waals surface area contributed by atoms with Gasteiger partial charge in [0, 0.05) is 6.20 Å². The number of rotatable bonds is 3. The fraction of sp³-hybridized carbons (Fsp3) is 0. The van der Waals surface area contributed by atoms with Gasteiger partial charge in [-0.1, -0.05) is 18.2 Å². The Hall–Kier alpha value is -1.72. The van der Waals surface area contributed by atoms with E-state index in [1.54, 1.807) is 17.1 Å². The Morgan fingerprint density at radius 3 is 2.63 bits per heavy atom. The summed E-state index contributed by atoms with van der Waals surface area (Å²) in [6.45, 7) is 0. The lowest BCUT2D eigenvalue weighted by Gasteiger charge is -1.98. The molecule has 0 aliphatic rings. The zero-order chi connectivity index (χ0) is 13.2. The molecule has 0 aliphatic heterocycles. The summed E-state index contributed by atoms with van der Waals surface area (Å²) in [4.78, 5) is 12.9. The zero-order valence-corrected chi connectivity index (χ0v) is 12.2.